The number of nitriles is 1. The summed E-state index contributed by atoms with van der Waals surface area (Å²) >= 11 is 0. The van der Waals surface area contributed by atoms with E-state index in [-0.39, 0.29) is 6.54 Å². The van der Waals surface area contributed by atoms with Crippen LogP contribution >= 0.6 is 0 Å². The third-order valence-electron chi connectivity index (χ3n) is 1.05. The molecule has 0 heterocycles. The number of hydrogen-bond donors (Lipinski definition) is 0. The number of carbonyl (C=O) groups excluding carboxylic acids is 1. The number of hydrogen-bond acceptors (Lipinski definition) is 3. The quantitative estimate of drug-likeness (QED) is 0.572. The van der Waals surface area contributed by atoms with Crippen molar-refractivity contribution in [2.75, 3.05) is 20.2 Å². The topological polar surface area (TPSA) is 53.3 Å². The first-order chi connectivity index (χ1) is 5.22. The first-order valence-electron chi connectivity index (χ1n) is 3.47. The van der Waals surface area contributed by atoms with Crippen molar-refractivity contribution < 1.29 is 9.53 Å². The fourth-order valence-corrected chi connectivity index (χ4v) is 0.470. The Hall–Kier alpha value is -1.24. The van der Waals surface area contributed by atoms with Gasteiger partial charge in [-0.3, -0.25) is 4.90 Å². The van der Waals surface area contributed by atoms with E-state index in [0.29, 0.717) is 6.61 Å². The van der Waals surface area contributed by atoms with Gasteiger partial charge in [-0.1, -0.05) is 6.92 Å². The molecule has 0 aliphatic heterocycles. The van der Waals surface area contributed by atoms with Crippen LogP contribution in [0, 0.1) is 11.3 Å². The lowest BCUT2D eigenvalue weighted by atomic mass is 10.5. The van der Waals surface area contributed by atoms with Crippen LogP contribution in [-0.4, -0.2) is 31.2 Å². The zero-order chi connectivity index (χ0) is 8.69. The van der Waals surface area contributed by atoms with E-state index in [1.54, 1.807) is 0 Å². The summed E-state index contributed by atoms with van der Waals surface area (Å²) in [5, 5.41) is 8.21. The zero-order valence-corrected chi connectivity index (χ0v) is 6.83. The Bertz CT molecular complexity index is 162. The average molecular weight is 156 g/mol. The van der Waals surface area contributed by atoms with Crippen LogP contribution in [-0.2, 0) is 4.74 Å². The van der Waals surface area contributed by atoms with Crippen molar-refractivity contribution in [2.45, 2.75) is 13.3 Å². The third kappa shape index (κ3) is 4.20. The van der Waals surface area contributed by atoms with Crippen molar-refractivity contribution in [3.05, 3.63) is 0 Å². The second-order valence-electron chi connectivity index (χ2n) is 2.13. The number of rotatable bonds is 3. The lowest BCUT2D eigenvalue weighted by Gasteiger charge is -2.11. The molecule has 0 aromatic carbocycles. The summed E-state index contributed by atoms with van der Waals surface area (Å²) in [6.45, 7) is 2.40. The number of ether oxygens (including phenoxy) is 1. The molecule has 0 aliphatic rings. The Morgan fingerprint density at radius 3 is 2.82 bits per heavy atom. The van der Waals surface area contributed by atoms with Crippen LogP contribution in [0.3, 0.4) is 0 Å². The lowest BCUT2D eigenvalue weighted by molar-refractivity contribution is 0.115. The molecule has 0 N–H and O–H groups in total. The second-order valence-corrected chi connectivity index (χ2v) is 2.13. The number of amides is 1. The molecule has 1 amide bonds. The Labute approximate surface area is 66.4 Å². The summed E-state index contributed by atoms with van der Waals surface area (Å²) in [5.74, 6) is 0. The highest BCUT2D eigenvalue weighted by Gasteiger charge is 2.06. The van der Waals surface area contributed by atoms with Gasteiger partial charge in [-0.15, -0.1) is 0 Å². The van der Waals surface area contributed by atoms with Crippen molar-refractivity contribution in [3.8, 4) is 6.07 Å². The minimum atomic E-state index is -0.437. The molecule has 0 rings (SSSR count). The average Bonchev–Trinajstić information content (AvgIpc) is 2.00. The monoisotopic (exact) mass is 156 g/mol. The summed E-state index contributed by atoms with van der Waals surface area (Å²) in [4.78, 5) is 12.1. The van der Waals surface area contributed by atoms with Crippen molar-refractivity contribution in [3.63, 3.8) is 0 Å². The molecule has 0 radical (unpaired) electrons. The molecule has 4 nitrogen and oxygen atoms in total. The Morgan fingerprint density at radius 1 is 1.73 bits per heavy atom. The van der Waals surface area contributed by atoms with E-state index in [0.717, 1.165) is 6.42 Å². The minimum Gasteiger partial charge on any atom is -0.449 e. The van der Waals surface area contributed by atoms with E-state index >= 15 is 0 Å². The molecule has 0 aliphatic carbocycles. The molecule has 0 unspecified atom stereocenters. The van der Waals surface area contributed by atoms with Crippen LogP contribution in [0.25, 0.3) is 0 Å². The van der Waals surface area contributed by atoms with Crippen LogP contribution in [0.4, 0.5) is 4.79 Å². The van der Waals surface area contributed by atoms with Crippen molar-refractivity contribution in [1.82, 2.24) is 4.90 Å². The summed E-state index contributed by atoms with van der Waals surface area (Å²) < 4.78 is 4.74. The summed E-state index contributed by atoms with van der Waals surface area (Å²) in [5.41, 5.74) is 0. The molecular formula is C7H12N2O2. The van der Waals surface area contributed by atoms with Gasteiger partial charge in [0.2, 0.25) is 0 Å². The highest BCUT2D eigenvalue weighted by molar-refractivity contribution is 5.67. The van der Waals surface area contributed by atoms with Gasteiger partial charge in [0.25, 0.3) is 0 Å². The molecule has 11 heavy (non-hydrogen) atoms. The molecule has 62 valence electrons. The molecule has 0 bridgehead atoms. The Balaban J connectivity index is 3.57. The maximum atomic E-state index is 10.8. The van der Waals surface area contributed by atoms with Gasteiger partial charge in [0.1, 0.15) is 6.54 Å². The fourth-order valence-electron chi connectivity index (χ4n) is 0.470. The molecule has 0 fully saturated rings. The van der Waals surface area contributed by atoms with Gasteiger partial charge in [0.05, 0.1) is 12.7 Å². The van der Waals surface area contributed by atoms with Crippen LogP contribution in [0.1, 0.15) is 13.3 Å². The van der Waals surface area contributed by atoms with Gasteiger partial charge in [-0.2, -0.15) is 5.26 Å². The Morgan fingerprint density at radius 2 is 2.36 bits per heavy atom. The smallest absolute Gasteiger partial charge is 0.410 e. The van der Waals surface area contributed by atoms with Crippen LogP contribution in [0.2, 0.25) is 0 Å². The standard InChI is InChI=1S/C7H12N2O2/c1-3-6-11-7(10)9(2)5-4-8/h3,5-6H2,1-2H3. The Kier molecular flexibility index (Phi) is 4.91. The summed E-state index contributed by atoms with van der Waals surface area (Å²) in [6.07, 6.45) is 0.361. The van der Waals surface area contributed by atoms with Crippen molar-refractivity contribution >= 4 is 6.09 Å². The van der Waals surface area contributed by atoms with Gasteiger partial charge in [0, 0.05) is 7.05 Å². The largest absolute Gasteiger partial charge is 0.449 e. The van der Waals surface area contributed by atoms with Gasteiger partial charge >= 0.3 is 6.09 Å². The normalized spacial score (nSPS) is 8.45. The molecule has 0 atom stereocenters. The molecule has 0 aromatic heterocycles. The van der Waals surface area contributed by atoms with E-state index in [1.165, 1.54) is 11.9 Å². The van der Waals surface area contributed by atoms with Crippen molar-refractivity contribution in [1.29, 1.82) is 5.26 Å². The summed E-state index contributed by atoms with van der Waals surface area (Å²) in [7, 11) is 1.53. The van der Waals surface area contributed by atoms with Gasteiger partial charge < -0.3 is 4.74 Å². The zero-order valence-electron chi connectivity index (χ0n) is 6.83. The molecular weight excluding hydrogens is 144 g/mol. The molecule has 0 saturated carbocycles. The van der Waals surface area contributed by atoms with E-state index in [1.807, 2.05) is 13.0 Å². The van der Waals surface area contributed by atoms with E-state index in [4.69, 9.17) is 10.00 Å². The number of nitrogens with zero attached hydrogens (tertiary/aromatic N) is 2. The van der Waals surface area contributed by atoms with E-state index in [2.05, 4.69) is 0 Å². The third-order valence-corrected chi connectivity index (χ3v) is 1.05. The molecule has 0 saturated heterocycles. The van der Waals surface area contributed by atoms with Crippen LogP contribution < -0.4 is 0 Å². The van der Waals surface area contributed by atoms with Crippen LogP contribution in [0.15, 0.2) is 0 Å². The second kappa shape index (κ2) is 5.54. The first kappa shape index (κ1) is 9.76. The highest BCUT2D eigenvalue weighted by Crippen LogP contribution is 1.89. The van der Waals surface area contributed by atoms with E-state index < -0.39 is 6.09 Å². The highest BCUT2D eigenvalue weighted by atomic mass is 16.6. The lowest BCUT2D eigenvalue weighted by Crippen LogP contribution is -2.27. The first-order valence-corrected chi connectivity index (χ1v) is 3.47. The molecule has 0 aromatic rings. The predicted molar refractivity (Wildman–Crippen MR) is 39.9 cm³/mol. The van der Waals surface area contributed by atoms with Gasteiger partial charge in [0.15, 0.2) is 0 Å². The maximum absolute atomic E-state index is 10.8. The summed E-state index contributed by atoms with van der Waals surface area (Å²) in [6, 6.07) is 1.85. The SMILES string of the molecule is CCCOC(=O)N(C)CC#N. The molecule has 4 heteroatoms. The minimum absolute atomic E-state index is 0.0720. The van der Waals surface area contributed by atoms with E-state index in [9.17, 15) is 4.79 Å². The maximum Gasteiger partial charge on any atom is 0.410 e. The predicted octanol–water partition coefficient (Wildman–Crippen LogP) is 0.988. The fraction of sp³-hybridized carbons (Fsp3) is 0.714. The van der Waals surface area contributed by atoms with Gasteiger partial charge in [-0.25, -0.2) is 4.79 Å². The molecule has 0 spiro atoms. The van der Waals surface area contributed by atoms with Crippen LogP contribution in [0.5, 0.6) is 0 Å². The van der Waals surface area contributed by atoms with Gasteiger partial charge in [-0.05, 0) is 6.42 Å². The van der Waals surface area contributed by atoms with Crippen molar-refractivity contribution in [2.24, 2.45) is 0 Å². The number of carbonyl (C=O) groups is 1.